The van der Waals surface area contributed by atoms with Crippen LogP contribution in [-0.4, -0.2) is 46.2 Å². The number of carbonyl (C=O) groups is 1. The van der Waals surface area contributed by atoms with Crippen LogP contribution in [0.3, 0.4) is 0 Å². The Hall–Kier alpha value is -1.60. The molecular weight excluding hydrogens is 282 g/mol. The lowest BCUT2D eigenvalue weighted by molar-refractivity contribution is -0.137. The molecular formula is C13H17NO5S. The van der Waals surface area contributed by atoms with Crippen LogP contribution in [0.5, 0.6) is 5.75 Å². The van der Waals surface area contributed by atoms with Crippen LogP contribution in [0.15, 0.2) is 24.3 Å². The second-order valence-corrected chi connectivity index (χ2v) is 6.76. The summed E-state index contributed by atoms with van der Waals surface area (Å²) >= 11 is 0. The summed E-state index contributed by atoms with van der Waals surface area (Å²) < 4.78 is 34.6. The third kappa shape index (κ3) is 2.78. The molecule has 20 heavy (non-hydrogen) atoms. The van der Waals surface area contributed by atoms with Gasteiger partial charge in [-0.05, 0) is 13.1 Å². The maximum Gasteiger partial charge on any atom is 0.320 e. The van der Waals surface area contributed by atoms with E-state index in [1.807, 2.05) is 18.2 Å². The Bertz CT molecular complexity index is 599. The van der Waals surface area contributed by atoms with E-state index in [-0.39, 0.29) is 6.61 Å². The molecule has 0 radical (unpaired) electrons. The minimum Gasteiger partial charge on any atom is -0.492 e. The van der Waals surface area contributed by atoms with Gasteiger partial charge >= 0.3 is 5.97 Å². The molecule has 0 spiro atoms. The molecule has 0 aromatic heterocycles. The summed E-state index contributed by atoms with van der Waals surface area (Å²) in [6, 6.07) is 6.85. The first-order valence-corrected chi connectivity index (χ1v) is 7.88. The lowest BCUT2D eigenvalue weighted by Crippen LogP contribution is -2.45. The summed E-state index contributed by atoms with van der Waals surface area (Å²) in [6.07, 6.45) is 0. The van der Waals surface area contributed by atoms with E-state index in [2.05, 4.69) is 10.1 Å². The zero-order chi connectivity index (χ0) is 14.8. The van der Waals surface area contributed by atoms with Crippen LogP contribution in [0.1, 0.15) is 11.6 Å². The third-order valence-electron chi connectivity index (χ3n) is 3.35. The minimum atomic E-state index is -3.66. The number of nitrogens with one attached hydrogen (secondary N) is 1. The maximum atomic E-state index is 12.3. The van der Waals surface area contributed by atoms with Gasteiger partial charge in [0.15, 0.2) is 9.84 Å². The van der Waals surface area contributed by atoms with Crippen LogP contribution < -0.4 is 10.1 Å². The number of rotatable bonds is 4. The van der Waals surface area contributed by atoms with Crippen molar-refractivity contribution in [3.05, 3.63) is 29.8 Å². The number of sulfone groups is 1. The quantitative estimate of drug-likeness (QED) is 0.805. The van der Waals surface area contributed by atoms with Crippen molar-refractivity contribution in [1.29, 1.82) is 0 Å². The van der Waals surface area contributed by atoms with Gasteiger partial charge in [0, 0.05) is 5.56 Å². The monoisotopic (exact) mass is 299 g/mol. The van der Waals surface area contributed by atoms with Crippen LogP contribution in [0.2, 0.25) is 0 Å². The highest BCUT2D eigenvalue weighted by Gasteiger charge is 2.40. The number of hydrogen-bond donors (Lipinski definition) is 1. The number of para-hydroxylation sites is 1. The molecule has 2 rings (SSSR count). The van der Waals surface area contributed by atoms with Crippen LogP contribution >= 0.6 is 0 Å². The van der Waals surface area contributed by atoms with Crippen molar-refractivity contribution < 1.29 is 22.7 Å². The fourth-order valence-corrected chi connectivity index (χ4v) is 3.95. The van der Waals surface area contributed by atoms with Gasteiger partial charge in [-0.2, -0.15) is 0 Å². The SMILES string of the molecule is CNC1c2ccccc2OCC1S(=O)(=O)CC(=O)OC. The smallest absolute Gasteiger partial charge is 0.320 e. The maximum absolute atomic E-state index is 12.3. The molecule has 1 aliphatic rings. The average Bonchev–Trinajstić information content (AvgIpc) is 2.45. The molecule has 0 amide bonds. The summed E-state index contributed by atoms with van der Waals surface area (Å²) in [5, 5.41) is 2.18. The fourth-order valence-electron chi connectivity index (χ4n) is 2.32. The normalized spacial score (nSPS) is 21.7. The Balaban J connectivity index is 2.32. The molecule has 1 N–H and O–H groups in total. The van der Waals surface area contributed by atoms with E-state index in [0.717, 1.165) is 5.56 Å². The highest BCUT2D eigenvalue weighted by Crippen LogP contribution is 2.34. The second-order valence-electron chi connectivity index (χ2n) is 4.54. The Labute approximate surface area is 118 Å². The van der Waals surface area contributed by atoms with Crippen LogP contribution in [0, 0.1) is 0 Å². The summed E-state index contributed by atoms with van der Waals surface area (Å²) in [5.41, 5.74) is 0.777. The Morgan fingerprint density at radius 2 is 2.15 bits per heavy atom. The van der Waals surface area contributed by atoms with Gasteiger partial charge in [0.2, 0.25) is 0 Å². The van der Waals surface area contributed by atoms with Crippen molar-refractivity contribution in [2.24, 2.45) is 0 Å². The van der Waals surface area contributed by atoms with E-state index in [0.29, 0.717) is 5.75 Å². The molecule has 2 atom stereocenters. The van der Waals surface area contributed by atoms with Gasteiger partial charge in [-0.15, -0.1) is 0 Å². The first-order valence-electron chi connectivity index (χ1n) is 6.17. The lowest BCUT2D eigenvalue weighted by atomic mass is 10.0. The van der Waals surface area contributed by atoms with E-state index in [4.69, 9.17) is 4.74 Å². The van der Waals surface area contributed by atoms with Crippen molar-refractivity contribution in [1.82, 2.24) is 5.32 Å². The van der Waals surface area contributed by atoms with Gasteiger partial charge in [0.1, 0.15) is 23.4 Å². The van der Waals surface area contributed by atoms with E-state index in [1.165, 1.54) is 7.11 Å². The standard InChI is InChI=1S/C13H17NO5S/c1-14-13-9-5-3-4-6-10(9)19-7-11(13)20(16,17)8-12(15)18-2/h3-6,11,13-14H,7-8H2,1-2H3. The zero-order valence-electron chi connectivity index (χ0n) is 11.3. The first kappa shape index (κ1) is 14.8. The van der Waals surface area contributed by atoms with E-state index in [9.17, 15) is 13.2 Å². The topological polar surface area (TPSA) is 81.7 Å². The summed E-state index contributed by atoms with van der Waals surface area (Å²) in [7, 11) is -0.806. The van der Waals surface area contributed by atoms with Crippen molar-refractivity contribution in [3.8, 4) is 5.75 Å². The van der Waals surface area contributed by atoms with E-state index < -0.39 is 32.9 Å². The third-order valence-corrected chi connectivity index (χ3v) is 5.32. The molecule has 1 heterocycles. The number of carbonyl (C=O) groups excluding carboxylic acids is 1. The highest BCUT2D eigenvalue weighted by atomic mass is 32.2. The number of fused-ring (bicyclic) bond motifs is 1. The number of methoxy groups -OCH3 is 1. The van der Waals surface area contributed by atoms with Gasteiger partial charge in [0.25, 0.3) is 0 Å². The highest BCUT2D eigenvalue weighted by molar-refractivity contribution is 7.92. The number of benzene rings is 1. The molecule has 6 nitrogen and oxygen atoms in total. The van der Waals surface area contributed by atoms with Gasteiger partial charge in [-0.3, -0.25) is 4.79 Å². The molecule has 110 valence electrons. The predicted octanol–water partition coefficient (Wildman–Crippen LogP) is 0.296. The number of ether oxygens (including phenoxy) is 2. The van der Waals surface area contributed by atoms with Crippen LogP contribution in [0.4, 0.5) is 0 Å². The Morgan fingerprint density at radius 3 is 2.80 bits per heavy atom. The molecule has 0 saturated carbocycles. The van der Waals surface area contributed by atoms with Gasteiger partial charge < -0.3 is 14.8 Å². The van der Waals surface area contributed by atoms with Gasteiger partial charge in [-0.1, -0.05) is 18.2 Å². The molecule has 2 unspecified atom stereocenters. The molecule has 0 aliphatic carbocycles. The molecule has 7 heteroatoms. The van der Waals surface area contributed by atoms with Gasteiger partial charge in [-0.25, -0.2) is 8.42 Å². The summed E-state index contributed by atoms with van der Waals surface area (Å²) in [5.74, 6) is -0.743. The molecule has 0 saturated heterocycles. The lowest BCUT2D eigenvalue weighted by Gasteiger charge is -2.32. The van der Waals surface area contributed by atoms with Crippen molar-refractivity contribution in [3.63, 3.8) is 0 Å². The molecule has 1 aliphatic heterocycles. The predicted molar refractivity (Wildman–Crippen MR) is 73.3 cm³/mol. The fraction of sp³-hybridized carbons (Fsp3) is 0.462. The largest absolute Gasteiger partial charge is 0.492 e. The second kappa shape index (κ2) is 5.80. The van der Waals surface area contributed by atoms with Crippen molar-refractivity contribution in [2.75, 3.05) is 26.5 Å². The number of esters is 1. The Morgan fingerprint density at radius 1 is 1.45 bits per heavy atom. The summed E-state index contributed by atoms with van der Waals surface area (Å²) in [4.78, 5) is 11.2. The molecule has 0 bridgehead atoms. The minimum absolute atomic E-state index is 0.0157. The molecule has 0 fully saturated rings. The van der Waals surface area contributed by atoms with Crippen molar-refractivity contribution >= 4 is 15.8 Å². The van der Waals surface area contributed by atoms with Crippen LogP contribution in [-0.2, 0) is 19.4 Å². The average molecular weight is 299 g/mol. The van der Waals surface area contributed by atoms with Crippen LogP contribution in [0.25, 0.3) is 0 Å². The van der Waals surface area contributed by atoms with Crippen molar-refractivity contribution in [2.45, 2.75) is 11.3 Å². The van der Waals surface area contributed by atoms with E-state index >= 15 is 0 Å². The zero-order valence-corrected chi connectivity index (χ0v) is 12.1. The molecule has 1 aromatic rings. The molecule has 1 aromatic carbocycles. The van der Waals surface area contributed by atoms with Gasteiger partial charge in [0.05, 0.1) is 13.2 Å². The number of hydrogen-bond acceptors (Lipinski definition) is 6. The first-order chi connectivity index (χ1) is 9.49. The summed E-state index contributed by atoms with van der Waals surface area (Å²) in [6.45, 7) is 0.0157. The van der Waals surface area contributed by atoms with E-state index in [1.54, 1.807) is 13.1 Å². The Kier molecular flexibility index (Phi) is 4.29.